The zero-order valence-corrected chi connectivity index (χ0v) is 19.4. The fourth-order valence-corrected chi connectivity index (χ4v) is 5.17. The summed E-state index contributed by atoms with van der Waals surface area (Å²) in [6.07, 6.45) is 6.32. The molecule has 5 heteroatoms. The largest absolute Gasteiger partial charge is 0.500 e. The van der Waals surface area contributed by atoms with Crippen LogP contribution >= 0.6 is 0 Å². The molecule has 0 heterocycles. The number of hydrogen-bond donors (Lipinski definition) is 0. The molecule has 0 unspecified atom stereocenters. The van der Waals surface area contributed by atoms with E-state index in [1.807, 2.05) is 0 Å². The van der Waals surface area contributed by atoms with Crippen molar-refractivity contribution in [1.82, 2.24) is 0 Å². The van der Waals surface area contributed by atoms with E-state index in [0.717, 1.165) is 25.7 Å². The van der Waals surface area contributed by atoms with Gasteiger partial charge in [0, 0.05) is 18.6 Å². The molecule has 2 aliphatic carbocycles. The highest BCUT2D eigenvalue weighted by molar-refractivity contribution is 6.14. The molecule has 2 bridgehead atoms. The first-order chi connectivity index (χ1) is 13.6. The van der Waals surface area contributed by atoms with Gasteiger partial charge in [-0.1, -0.05) is 47.5 Å². The summed E-state index contributed by atoms with van der Waals surface area (Å²) in [7, 11) is 3.16. The summed E-state index contributed by atoms with van der Waals surface area (Å²) >= 11 is 0. The van der Waals surface area contributed by atoms with Gasteiger partial charge in [-0.25, -0.2) is 0 Å². The van der Waals surface area contributed by atoms with E-state index in [9.17, 15) is 9.59 Å². The van der Waals surface area contributed by atoms with Crippen LogP contribution in [0.1, 0.15) is 73.1 Å². The lowest BCUT2D eigenvalue weighted by atomic mass is 9.50. The molecule has 0 spiro atoms. The third kappa shape index (κ3) is 4.77. The van der Waals surface area contributed by atoms with E-state index in [0.29, 0.717) is 30.4 Å². The molecule has 0 N–H and O–H groups in total. The molecule has 1 fully saturated rings. The molecule has 0 aliphatic heterocycles. The molecule has 0 aromatic rings. The summed E-state index contributed by atoms with van der Waals surface area (Å²) < 4.78 is 17.0. The van der Waals surface area contributed by atoms with Gasteiger partial charge in [-0.05, 0) is 37.5 Å². The second-order valence-electron chi connectivity index (χ2n) is 9.98. The topological polar surface area (TPSA) is 61.8 Å². The van der Waals surface area contributed by atoms with Gasteiger partial charge in [-0.15, -0.1) is 0 Å². The van der Waals surface area contributed by atoms with Crippen LogP contribution in [0, 0.1) is 28.6 Å². The maximum atomic E-state index is 13.8. The zero-order chi connectivity index (χ0) is 21.8. The van der Waals surface area contributed by atoms with Crippen molar-refractivity contribution in [3.05, 3.63) is 11.8 Å². The Labute approximate surface area is 176 Å². The van der Waals surface area contributed by atoms with Gasteiger partial charge >= 0.3 is 0 Å². The second kappa shape index (κ2) is 9.74. The third-order valence-corrected chi connectivity index (χ3v) is 6.94. The SMILES string of the molecule is COCO[C@H]1C[C@@]2(CCC(C)C)C(=O)[C@H](C(=O)C=C2OC)[C@]1(C)CCCC(C)C. The molecule has 5 nitrogen and oxygen atoms in total. The zero-order valence-electron chi connectivity index (χ0n) is 19.4. The van der Waals surface area contributed by atoms with Gasteiger partial charge < -0.3 is 14.2 Å². The first kappa shape index (κ1) is 24.1. The quantitative estimate of drug-likeness (QED) is 0.358. The molecule has 4 atom stereocenters. The normalized spacial score (nSPS) is 32.1. The maximum absolute atomic E-state index is 13.8. The molecule has 0 aromatic heterocycles. The van der Waals surface area contributed by atoms with Gasteiger partial charge in [0.2, 0.25) is 0 Å². The van der Waals surface area contributed by atoms with Crippen LogP contribution in [0.2, 0.25) is 0 Å². The predicted molar refractivity (Wildman–Crippen MR) is 113 cm³/mol. The van der Waals surface area contributed by atoms with Crippen LogP contribution in [0.3, 0.4) is 0 Å². The van der Waals surface area contributed by atoms with Crippen LogP contribution in [-0.4, -0.2) is 38.7 Å². The fraction of sp³-hybridized carbons (Fsp3) is 0.833. The van der Waals surface area contributed by atoms with E-state index < -0.39 is 16.7 Å². The van der Waals surface area contributed by atoms with Gasteiger partial charge in [-0.2, -0.15) is 0 Å². The summed E-state index contributed by atoms with van der Waals surface area (Å²) in [5, 5.41) is 0. The number of allylic oxidation sites excluding steroid dienone is 2. The summed E-state index contributed by atoms with van der Waals surface area (Å²) in [4.78, 5) is 27.0. The number of ketones is 2. The third-order valence-electron chi connectivity index (χ3n) is 6.94. The summed E-state index contributed by atoms with van der Waals surface area (Å²) in [6.45, 7) is 10.9. The van der Waals surface area contributed by atoms with Gasteiger partial charge in [0.25, 0.3) is 0 Å². The van der Waals surface area contributed by atoms with Crippen molar-refractivity contribution in [3.63, 3.8) is 0 Å². The number of rotatable bonds is 11. The Morgan fingerprint density at radius 3 is 2.28 bits per heavy atom. The minimum absolute atomic E-state index is 0.0341. The number of Topliss-reactive ketones (excluding diaryl/α,β-unsaturated/α-hetero) is 1. The van der Waals surface area contributed by atoms with Crippen LogP contribution in [0.5, 0.6) is 0 Å². The lowest BCUT2D eigenvalue weighted by molar-refractivity contribution is -0.186. The van der Waals surface area contributed by atoms with Crippen molar-refractivity contribution in [3.8, 4) is 0 Å². The Morgan fingerprint density at radius 2 is 1.72 bits per heavy atom. The van der Waals surface area contributed by atoms with Gasteiger partial charge in [0.15, 0.2) is 11.6 Å². The van der Waals surface area contributed by atoms with Crippen molar-refractivity contribution < 1.29 is 23.8 Å². The molecule has 0 radical (unpaired) electrons. The standard InChI is InChI=1S/C24H40O5/c1-16(2)9-8-11-23(5)20(29-15-27-6)14-24(12-10-17(3)4)19(28-7)13-18(25)21(23)22(24)26/h13,16-17,20-21H,8-12,14-15H2,1-7H3/t20-,21-,23+,24+/m0/s1. The summed E-state index contributed by atoms with van der Waals surface area (Å²) in [5.41, 5.74) is -1.30. The minimum atomic E-state index is -0.770. The smallest absolute Gasteiger partial charge is 0.170 e. The van der Waals surface area contributed by atoms with Crippen LogP contribution in [0.4, 0.5) is 0 Å². The minimum Gasteiger partial charge on any atom is -0.500 e. The Morgan fingerprint density at radius 1 is 1.07 bits per heavy atom. The highest BCUT2D eigenvalue weighted by atomic mass is 16.7. The molecule has 1 saturated carbocycles. The molecular formula is C24H40O5. The molecular weight excluding hydrogens is 368 g/mol. The average Bonchev–Trinajstić information content (AvgIpc) is 2.64. The number of fused-ring (bicyclic) bond motifs is 2. The average molecular weight is 409 g/mol. The van der Waals surface area contributed by atoms with E-state index in [4.69, 9.17) is 14.2 Å². The van der Waals surface area contributed by atoms with Crippen molar-refractivity contribution in [2.45, 2.75) is 79.2 Å². The van der Waals surface area contributed by atoms with Crippen molar-refractivity contribution in [2.75, 3.05) is 21.0 Å². The van der Waals surface area contributed by atoms with Crippen molar-refractivity contribution in [2.24, 2.45) is 28.6 Å². The predicted octanol–water partition coefficient (Wildman–Crippen LogP) is 4.93. The van der Waals surface area contributed by atoms with Crippen molar-refractivity contribution >= 4 is 11.6 Å². The fourth-order valence-electron chi connectivity index (χ4n) is 5.17. The van der Waals surface area contributed by atoms with Gasteiger partial charge in [0.1, 0.15) is 12.6 Å². The number of carbonyl (C=O) groups excluding carboxylic acids is 2. The van der Waals surface area contributed by atoms with Crippen LogP contribution in [-0.2, 0) is 23.8 Å². The number of methoxy groups -OCH3 is 2. The first-order valence-corrected chi connectivity index (χ1v) is 11.1. The van der Waals surface area contributed by atoms with Gasteiger partial charge in [-0.3, -0.25) is 9.59 Å². The molecule has 0 saturated heterocycles. The van der Waals surface area contributed by atoms with E-state index >= 15 is 0 Å². The van der Waals surface area contributed by atoms with Crippen LogP contribution in [0.15, 0.2) is 11.8 Å². The van der Waals surface area contributed by atoms with Crippen LogP contribution in [0.25, 0.3) is 0 Å². The number of hydrogen-bond acceptors (Lipinski definition) is 5. The lowest BCUT2D eigenvalue weighted by Crippen LogP contribution is -2.61. The van der Waals surface area contributed by atoms with E-state index in [-0.39, 0.29) is 24.5 Å². The van der Waals surface area contributed by atoms with E-state index in [1.165, 1.54) is 0 Å². The Bertz CT molecular complexity index is 623. The first-order valence-electron chi connectivity index (χ1n) is 11.1. The Hall–Kier alpha value is -1.20. The monoisotopic (exact) mass is 408 g/mol. The summed E-state index contributed by atoms with van der Waals surface area (Å²) in [5.74, 6) is 0.792. The van der Waals surface area contributed by atoms with E-state index in [2.05, 4.69) is 34.6 Å². The molecule has 0 aromatic carbocycles. The highest BCUT2D eigenvalue weighted by Gasteiger charge is 2.64. The van der Waals surface area contributed by atoms with Crippen molar-refractivity contribution in [1.29, 1.82) is 0 Å². The Balaban J connectivity index is 2.47. The van der Waals surface area contributed by atoms with E-state index in [1.54, 1.807) is 20.3 Å². The second-order valence-corrected chi connectivity index (χ2v) is 9.98. The number of carbonyl (C=O) groups is 2. The molecule has 166 valence electrons. The Kier molecular flexibility index (Phi) is 8.08. The van der Waals surface area contributed by atoms with Crippen LogP contribution < -0.4 is 0 Å². The highest BCUT2D eigenvalue weighted by Crippen LogP contribution is 2.58. The maximum Gasteiger partial charge on any atom is 0.170 e. The lowest BCUT2D eigenvalue weighted by Gasteiger charge is -2.54. The molecule has 2 aliphatic rings. The molecule has 29 heavy (non-hydrogen) atoms. The molecule has 0 amide bonds. The number of ether oxygens (including phenoxy) is 3. The summed E-state index contributed by atoms with van der Waals surface area (Å²) in [6, 6.07) is 0. The molecule has 2 rings (SSSR count). The van der Waals surface area contributed by atoms with Gasteiger partial charge in [0.05, 0.1) is 24.5 Å².